The van der Waals surface area contributed by atoms with Gasteiger partial charge in [0, 0.05) is 50.7 Å². The van der Waals surface area contributed by atoms with Crippen LogP contribution in [0.5, 0.6) is 11.5 Å². The molecule has 0 aliphatic carbocycles. The van der Waals surface area contributed by atoms with Gasteiger partial charge >= 0.3 is 5.97 Å². The highest BCUT2D eigenvalue weighted by atomic mass is 16.5. The Kier molecular flexibility index (Phi) is 13.2. The lowest BCUT2D eigenvalue weighted by atomic mass is 9.76. The number of carbonyl (C=O) groups excluding carboxylic acids is 3. The Labute approximate surface area is 278 Å². The summed E-state index contributed by atoms with van der Waals surface area (Å²) in [5, 5.41) is 6.03. The molecule has 1 aromatic heterocycles. The van der Waals surface area contributed by atoms with Crippen molar-refractivity contribution in [3.8, 4) is 17.2 Å². The second-order valence-corrected chi connectivity index (χ2v) is 12.5. The number of carbonyl (C=O) groups is 3. The Morgan fingerprint density at radius 3 is 2.60 bits per heavy atom. The molecule has 47 heavy (non-hydrogen) atoms. The SMILES string of the molecule is CCOC(=O)C1(CCC(C)C)CNC(=O)CCCN(Cc2ccc(-n3ccnc3)cc2)CCNC(=O)COc2ccc(cc2OC)C1. The molecule has 1 atom stereocenters. The van der Waals surface area contributed by atoms with Crippen molar-refractivity contribution in [2.24, 2.45) is 11.3 Å². The van der Waals surface area contributed by atoms with Gasteiger partial charge in [-0.05, 0) is 80.5 Å². The molecule has 0 fully saturated rings. The van der Waals surface area contributed by atoms with Gasteiger partial charge in [-0.1, -0.05) is 32.0 Å². The largest absolute Gasteiger partial charge is 0.493 e. The van der Waals surface area contributed by atoms with Crippen LogP contribution in [0.4, 0.5) is 0 Å². The van der Waals surface area contributed by atoms with E-state index in [1.807, 2.05) is 35.0 Å². The first-order valence-electron chi connectivity index (χ1n) is 16.5. The van der Waals surface area contributed by atoms with Crippen molar-refractivity contribution in [1.29, 1.82) is 0 Å². The predicted octanol–water partition coefficient (Wildman–Crippen LogP) is 4.32. The maximum absolute atomic E-state index is 13.6. The molecule has 3 heterocycles. The average Bonchev–Trinajstić information content (AvgIpc) is 3.60. The van der Waals surface area contributed by atoms with Crippen LogP contribution < -0.4 is 20.1 Å². The van der Waals surface area contributed by atoms with Crippen LogP contribution in [-0.2, 0) is 32.1 Å². The van der Waals surface area contributed by atoms with Crippen molar-refractivity contribution in [2.75, 3.05) is 46.5 Å². The van der Waals surface area contributed by atoms with Crippen LogP contribution in [-0.4, -0.2) is 78.7 Å². The zero-order valence-corrected chi connectivity index (χ0v) is 28.1. The molecule has 2 N–H and O–H groups in total. The average molecular weight is 648 g/mol. The second kappa shape index (κ2) is 17.5. The number of aromatic nitrogens is 2. The molecule has 2 bridgehead atoms. The quantitative estimate of drug-likeness (QED) is 0.260. The fourth-order valence-electron chi connectivity index (χ4n) is 5.75. The van der Waals surface area contributed by atoms with Crippen LogP contribution in [0, 0.1) is 11.3 Å². The van der Waals surface area contributed by atoms with E-state index in [9.17, 15) is 14.4 Å². The fourth-order valence-corrected chi connectivity index (χ4v) is 5.75. The van der Waals surface area contributed by atoms with Crippen molar-refractivity contribution >= 4 is 17.8 Å². The lowest BCUT2D eigenvalue weighted by molar-refractivity contribution is -0.156. The number of benzene rings is 2. The molecular formula is C36H49N5O6. The minimum Gasteiger partial charge on any atom is -0.493 e. The van der Waals surface area contributed by atoms with Gasteiger partial charge in [-0.2, -0.15) is 0 Å². The summed E-state index contributed by atoms with van der Waals surface area (Å²) in [6.45, 7) is 8.61. The standard InChI is InChI=1S/C36H49N5O6/c1-5-46-35(44)36(15-14-27(2)3)22-29-10-13-31(32(21-29)45-4)47-24-34(43)38-17-19-40(18-6-7-33(42)39-25-36)23-28-8-11-30(12-9-28)41-20-16-37-26-41/h8-13,16,20-21,26-27H,5-7,14-15,17-19,22-25H2,1-4H3,(H,38,43)(H,39,42). The zero-order chi connectivity index (χ0) is 33.6. The van der Waals surface area contributed by atoms with Crippen LogP contribution in [0.3, 0.4) is 0 Å². The number of imidazole rings is 1. The molecule has 11 heteroatoms. The Bertz CT molecular complexity index is 1440. The highest BCUT2D eigenvalue weighted by molar-refractivity contribution is 5.80. The third-order valence-electron chi connectivity index (χ3n) is 8.44. The lowest BCUT2D eigenvalue weighted by Gasteiger charge is -2.33. The van der Waals surface area contributed by atoms with Gasteiger partial charge in [0.1, 0.15) is 0 Å². The fraction of sp³-hybridized carbons (Fsp3) is 0.500. The number of ether oxygens (including phenoxy) is 3. The van der Waals surface area contributed by atoms with Crippen molar-refractivity contribution < 1.29 is 28.6 Å². The molecule has 1 unspecified atom stereocenters. The van der Waals surface area contributed by atoms with Gasteiger partial charge in [-0.15, -0.1) is 0 Å². The molecule has 2 aromatic carbocycles. The minimum atomic E-state index is -0.957. The van der Waals surface area contributed by atoms with Crippen LogP contribution in [0.1, 0.15) is 57.6 Å². The van der Waals surface area contributed by atoms with E-state index in [4.69, 9.17) is 14.2 Å². The van der Waals surface area contributed by atoms with E-state index < -0.39 is 5.41 Å². The summed E-state index contributed by atoms with van der Waals surface area (Å²) in [7, 11) is 1.54. The number of esters is 1. The van der Waals surface area contributed by atoms with Crippen molar-refractivity contribution in [2.45, 2.75) is 59.4 Å². The van der Waals surface area contributed by atoms with Gasteiger partial charge in [-0.3, -0.25) is 19.3 Å². The van der Waals surface area contributed by atoms with Crippen LogP contribution in [0.25, 0.3) is 5.69 Å². The molecule has 3 aromatic rings. The smallest absolute Gasteiger partial charge is 0.314 e. The Balaban J connectivity index is 1.55. The summed E-state index contributed by atoms with van der Waals surface area (Å²) in [5.74, 6) is 0.575. The molecule has 0 saturated carbocycles. The van der Waals surface area contributed by atoms with Crippen LogP contribution in [0.2, 0.25) is 0 Å². The molecule has 2 aliphatic heterocycles. The summed E-state index contributed by atoms with van der Waals surface area (Å²) in [6, 6.07) is 13.7. The molecular weight excluding hydrogens is 598 g/mol. The number of nitrogens with zero attached hydrogens (tertiary/aromatic N) is 3. The number of amides is 2. The first-order valence-corrected chi connectivity index (χ1v) is 16.5. The topological polar surface area (TPSA) is 124 Å². The number of hydrogen-bond acceptors (Lipinski definition) is 8. The van der Waals surface area contributed by atoms with Gasteiger partial charge in [0.2, 0.25) is 5.91 Å². The van der Waals surface area contributed by atoms with Gasteiger partial charge in [0.05, 0.1) is 25.5 Å². The van der Waals surface area contributed by atoms with Gasteiger partial charge in [-0.25, -0.2) is 4.98 Å². The van der Waals surface area contributed by atoms with Crippen LogP contribution >= 0.6 is 0 Å². The highest BCUT2D eigenvalue weighted by Crippen LogP contribution is 2.35. The van der Waals surface area contributed by atoms with Gasteiger partial charge in [0.15, 0.2) is 18.1 Å². The summed E-state index contributed by atoms with van der Waals surface area (Å²) in [4.78, 5) is 45.9. The van der Waals surface area contributed by atoms with Crippen molar-refractivity contribution in [3.63, 3.8) is 0 Å². The van der Waals surface area contributed by atoms with E-state index in [-0.39, 0.29) is 37.5 Å². The van der Waals surface area contributed by atoms with E-state index in [1.54, 1.807) is 32.6 Å². The van der Waals surface area contributed by atoms with Crippen LogP contribution in [0.15, 0.2) is 61.2 Å². The van der Waals surface area contributed by atoms with Crippen molar-refractivity contribution in [3.05, 3.63) is 72.3 Å². The Hall–Kier alpha value is -4.38. The minimum absolute atomic E-state index is 0.111. The van der Waals surface area contributed by atoms with Gasteiger partial charge in [0.25, 0.3) is 5.91 Å². The summed E-state index contributed by atoms with van der Waals surface area (Å²) in [6.07, 6.45) is 8.02. The zero-order valence-electron chi connectivity index (χ0n) is 28.1. The molecule has 5 rings (SSSR count). The van der Waals surface area contributed by atoms with Crippen molar-refractivity contribution in [1.82, 2.24) is 25.1 Å². The first-order chi connectivity index (χ1) is 22.7. The van der Waals surface area contributed by atoms with E-state index in [1.165, 1.54) is 0 Å². The number of fused-ring (bicyclic) bond motifs is 16. The third kappa shape index (κ3) is 10.6. The molecule has 11 nitrogen and oxygen atoms in total. The first kappa shape index (κ1) is 35.5. The number of nitrogens with one attached hydrogen (secondary N) is 2. The monoisotopic (exact) mass is 647 g/mol. The molecule has 0 radical (unpaired) electrons. The molecule has 2 amide bonds. The summed E-state index contributed by atoms with van der Waals surface area (Å²) in [5.41, 5.74) is 2.02. The Morgan fingerprint density at radius 1 is 1.09 bits per heavy atom. The van der Waals surface area contributed by atoms with E-state index >= 15 is 0 Å². The highest BCUT2D eigenvalue weighted by Gasteiger charge is 2.40. The van der Waals surface area contributed by atoms with E-state index in [2.05, 4.69) is 46.5 Å². The second-order valence-electron chi connectivity index (χ2n) is 12.5. The maximum Gasteiger partial charge on any atom is 0.314 e. The molecule has 254 valence electrons. The summed E-state index contributed by atoms with van der Waals surface area (Å²) >= 11 is 0. The number of hydrogen-bond donors (Lipinski definition) is 2. The van der Waals surface area contributed by atoms with E-state index in [0.29, 0.717) is 69.3 Å². The maximum atomic E-state index is 13.6. The number of methoxy groups -OCH3 is 1. The summed E-state index contributed by atoms with van der Waals surface area (Å²) < 4.78 is 19.0. The molecule has 0 saturated heterocycles. The molecule has 2 aliphatic rings. The molecule has 0 spiro atoms. The normalized spacial score (nSPS) is 18.7. The Morgan fingerprint density at radius 2 is 1.89 bits per heavy atom. The lowest BCUT2D eigenvalue weighted by Crippen LogP contribution is -2.46. The van der Waals surface area contributed by atoms with Gasteiger partial charge < -0.3 is 29.4 Å². The third-order valence-corrected chi connectivity index (χ3v) is 8.44. The number of rotatable bonds is 9. The van der Waals surface area contributed by atoms with E-state index in [0.717, 1.165) is 23.2 Å². The predicted molar refractivity (Wildman–Crippen MR) is 179 cm³/mol.